The molecule has 9 nitrogen and oxygen atoms in total. The van der Waals surface area contributed by atoms with E-state index in [0.717, 1.165) is 22.3 Å². The summed E-state index contributed by atoms with van der Waals surface area (Å²) in [5, 5.41) is 0. The molecule has 0 radical (unpaired) electrons. The monoisotopic (exact) mass is 528 g/mol. The van der Waals surface area contributed by atoms with E-state index in [4.69, 9.17) is 22.9 Å². The Balaban J connectivity index is 1.98. The first-order chi connectivity index (χ1) is 18.8. The first-order valence-electron chi connectivity index (χ1n) is 12.9. The first-order valence-corrected chi connectivity index (χ1v) is 12.9. The number of primary amides is 2. The molecule has 0 spiro atoms. The Kier molecular flexibility index (Phi) is 10.6. The maximum Gasteiger partial charge on any atom is 0.240 e. The van der Waals surface area contributed by atoms with Crippen LogP contribution in [0.3, 0.4) is 0 Å². The lowest BCUT2D eigenvalue weighted by atomic mass is 9.89. The minimum atomic E-state index is -0.879. The molecule has 0 bridgehead atoms. The van der Waals surface area contributed by atoms with Gasteiger partial charge in [-0.3, -0.25) is 19.4 Å². The number of hydrogen-bond donors (Lipinski definition) is 4. The van der Waals surface area contributed by atoms with Gasteiger partial charge in [-0.15, -0.1) is 0 Å². The summed E-state index contributed by atoms with van der Waals surface area (Å²) in [6.07, 6.45) is 1.53. The molecule has 0 saturated heterocycles. The van der Waals surface area contributed by atoms with Gasteiger partial charge in [0.25, 0.3) is 0 Å². The van der Waals surface area contributed by atoms with Crippen LogP contribution in [0.1, 0.15) is 47.4 Å². The molecule has 9 heteroatoms. The van der Waals surface area contributed by atoms with Crippen LogP contribution in [0.2, 0.25) is 0 Å². The maximum atomic E-state index is 14.4. The number of hydrogen-bond acceptors (Lipinski definition) is 4. The van der Waals surface area contributed by atoms with E-state index < -0.39 is 17.9 Å². The zero-order chi connectivity index (χ0) is 28.2. The van der Waals surface area contributed by atoms with E-state index in [9.17, 15) is 14.4 Å². The number of nitrogens with two attached hydrogens (primary N) is 4. The van der Waals surface area contributed by atoms with E-state index in [0.29, 0.717) is 25.8 Å². The molecule has 0 fully saturated rings. The van der Waals surface area contributed by atoms with E-state index in [-0.39, 0.29) is 30.7 Å². The fourth-order valence-electron chi connectivity index (χ4n) is 4.50. The minimum absolute atomic E-state index is 0.0387. The molecule has 0 aliphatic rings. The Morgan fingerprint density at radius 2 is 1.28 bits per heavy atom. The first kappa shape index (κ1) is 28.9. The lowest BCUT2D eigenvalue weighted by Crippen LogP contribution is -2.49. The van der Waals surface area contributed by atoms with Crippen molar-refractivity contribution in [3.8, 4) is 0 Å². The average Bonchev–Trinajstić information content (AvgIpc) is 2.92. The SMILES string of the molecule is NC(=O)CCc1ccc(CN(C(=O)C(c2ccccc2)c2ccccc2)[C@H](CCCN=C(N)N)C(N)=O)cc1. The standard InChI is InChI=1S/C30H36N6O3/c31-26(37)18-17-21-13-15-22(16-14-21)20-36(25(28(32)38)12-7-19-35-30(33)34)29(39)27(23-8-3-1-4-9-23)24-10-5-2-6-11-24/h1-6,8-11,13-16,25,27H,7,12,17-20H2,(H2,31,37)(H2,32,38)(H4,33,34,35)/t25-/m1/s1. The minimum Gasteiger partial charge on any atom is -0.370 e. The number of carbonyl (C=O) groups excluding carboxylic acids is 3. The lowest BCUT2D eigenvalue weighted by molar-refractivity contribution is -0.141. The topological polar surface area (TPSA) is 171 Å². The quantitative estimate of drug-likeness (QED) is 0.142. The van der Waals surface area contributed by atoms with Crippen molar-refractivity contribution in [1.29, 1.82) is 0 Å². The summed E-state index contributed by atoms with van der Waals surface area (Å²) in [6, 6.07) is 25.6. The molecule has 0 aliphatic carbocycles. The van der Waals surface area contributed by atoms with Crippen LogP contribution in [-0.2, 0) is 27.3 Å². The number of carbonyl (C=O) groups is 3. The molecule has 0 heterocycles. The van der Waals surface area contributed by atoms with Crippen LogP contribution in [0, 0.1) is 0 Å². The van der Waals surface area contributed by atoms with E-state index in [1.807, 2.05) is 84.9 Å². The summed E-state index contributed by atoms with van der Waals surface area (Å²) in [4.78, 5) is 43.8. The van der Waals surface area contributed by atoms with Crippen molar-refractivity contribution in [2.45, 2.75) is 44.2 Å². The van der Waals surface area contributed by atoms with Gasteiger partial charge in [0.1, 0.15) is 6.04 Å². The van der Waals surface area contributed by atoms with Gasteiger partial charge in [0.15, 0.2) is 5.96 Å². The second-order valence-electron chi connectivity index (χ2n) is 9.37. The predicted molar refractivity (Wildman–Crippen MR) is 152 cm³/mol. The molecule has 8 N–H and O–H groups in total. The van der Waals surface area contributed by atoms with Crippen molar-refractivity contribution in [3.63, 3.8) is 0 Å². The van der Waals surface area contributed by atoms with Crippen LogP contribution >= 0.6 is 0 Å². The predicted octanol–water partition coefficient (Wildman–Crippen LogP) is 2.17. The summed E-state index contributed by atoms with van der Waals surface area (Å²) in [6.45, 7) is 0.477. The largest absolute Gasteiger partial charge is 0.370 e. The van der Waals surface area contributed by atoms with Gasteiger partial charge >= 0.3 is 0 Å². The molecule has 3 amide bonds. The van der Waals surface area contributed by atoms with E-state index >= 15 is 0 Å². The molecular formula is C30H36N6O3. The number of benzene rings is 3. The van der Waals surface area contributed by atoms with Crippen LogP contribution in [0.15, 0.2) is 89.9 Å². The Bertz CT molecular complexity index is 1220. The summed E-state index contributed by atoms with van der Waals surface area (Å²) < 4.78 is 0. The van der Waals surface area contributed by atoms with Crippen molar-refractivity contribution in [2.75, 3.05) is 6.54 Å². The Morgan fingerprint density at radius 3 is 1.77 bits per heavy atom. The van der Waals surface area contributed by atoms with E-state index in [2.05, 4.69) is 4.99 Å². The second-order valence-corrected chi connectivity index (χ2v) is 9.37. The molecule has 3 aromatic rings. The van der Waals surface area contributed by atoms with Crippen molar-refractivity contribution in [2.24, 2.45) is 27.9 Å². The third-order valence-electron chi connectivity index (χ3n) is 6.47. The zero-order valence-corrected chi connectivity index (χ0v) is 21.9. The Hall–Kier alpha value is -4.66. The molecule has 0 saturated carbocycles. The molecule has 204 valence electrons. The molecule has 3 rings (SSSR count). The zero-order valence-electron chi connectivity index (χ0n) is 21.9. The van der Waals surface area contributed by atoms with Crippen molar-refractivity contribution in [1.82, 2.24) is 4.90 Å². The molecule has 0 aromatic heterocycles. The van der Waals surface area contributed by atoms with E-state index in [1.165, 1.54) is 0 Å². The third kappa shape index (κ3) is 8.70. The van der Waals surface area contributed by atoms with Crippen LogP contribution in [0.5, 0.6) is 0 Å². The van der Waals surface area contributed by atoms with Crippen molar-refractivity contribution in [3.05, 3.63) is 107 Å². The second kappa shape index (κ2) is 14.3. The lowest BCUT2D eigenvalue weighted by Gasteiger charge is -2.33. The van der Waals surface area contributed by atoms with Crippen LogP contribution in [-0.4, -0.2) is 41.2 Å². The van der Waals surface area contributed by atoms with Crippen molar-refractivity contribution >= 4 is 23.7 Å². The smallest absolute Gasteiger partial charge is 0.240 e. The van der Waals surface area contributed by atoms with E-state index in [1.54, 1.807) is 4.90 Å². The van der Waals surface area contributed by atoms with Gasteiger partial charge in [-0.25, -0.2) is 0 Å². The average molecular weight is 529 g/mol. The van der Waals surface area contributed by atoms with Crippen LogP contribution in [0.25, 0.3) is 0 Å². The molecule has 1 atom stereocenters. The summed E-state index contributed by atoms with van der Waals surface area (Å²) >= 11 is 0. The molecular weight excluding hydrogens is 492 g/mol. The van der Waals surface area contributed by atoms with Crippen LogP contribution < -0.4 is 22.9 Å². The number of aliphatic imine (C=N–C) groups is 1. The van der Waals surface area contributed by atoms with Crippen molar-refractivity contribution < 1.29 is 14.4 Å². The number of amides is 3. The Labute approximate surface area is 228 Å². The molecule has 0 unspecified atom stereocenters. The normalized spacial score (nSPS) is 11.5. The Morgan fingerprint density at radius 1 is 0.744 bits per heavy atom. The molecule has 39 heavy (non-hydrogen) atoms. The van der Waals surface area contributed by atoms with Gasteiger partial charge in [-0.1, -0.05) is 84.9 Å². The fourth-order valence-corrected chi connectivity index (χ4v) is 4.50. The maximum absolute atomic E-state index is 14.4. The summed E-state index contributed by atoms with van der Waals surface area (Å²) in [7, 11) is 0. The van der Waals surface area contributed by atoms with Gasteiger partial charge < -0.3 is 27.8 Å². The van der Waals surface area contributed by atoms with Gasteiger partial charge in [0.2, 0.25) is 17.7 Å². The van der Waals surface area contributed by atoms with Gasteiger partial charge in [-0.2, -0.15) is 0 Å². The highest BCUT2D eigenvalue weighted by Gasteiger charge is 2.34. The summed E-state index contributed by atoms with van der Waals surface area (Å²) in [5.74, 6) is -1.89. The molecule has 3 aromatic carbocycles. The van der Waals surface area contributed by atoms with Gasteiger partial charge in [-0.05, 0) is 41.5 Å². The number of aryl methyl sites for hydroxylation is 1. The fraction of sp³-hybridized carbons (Fsp3) is 0.267. The van der Waals surface area contributed by atoms with Gasteiger partial charge in [0.05, 0.1) is 5.92 Å². The highest BCUT2D eigenvalue weighted by Crippen LogP contribution is 2.29. The summed E-state index contributed by atoms with van der Waals surface area (Å²) in [5.41, 5.74) is 25.4. The number of nitrogens with zero attached hydrogens (tertiary/aromatic N) is 2. The van der Waals surface area contributed by atoms with Crippen LogP contribution in [0.4, 0.5) is 0 Å². The number of guanidine groups is 1. The highest BCUT2D eigenvalue weighted by molar-refractivity contribution is 5.92. The molecule has 0 aliphatic heterocycles. The number of rotatable bonds is 14. The van der Waals surface area contributed by atoms with Gasteiger partial charge in [0, 0.05) is 19.5 Å². The highest BCUT2D eigenvalue weighted by atomic mass is 16.2. The third-order valence-corrected chi connectivity index (χ3v) is 6.47.